The number of rotatable bonds is 3. The second-order valence-electron chi connectivity index (χ2n) is 4.36. The van der Waals surface area contributed by atoms with Gasteiger partial charge in [-0.25, -0.2) is 0 Å². The Morgan fingerprint density at radius 2 is 2.00 bits per heavy atom. The lowest BCUT2D eigenvalue weighted by atomic mass is 9.90. The zero-order valence-electron chi connectivity index (χ0n) is 8.42. The molecule has 0 amide bonds. The predicted octanol–water partition coefficient (Wildman–Crippen LogP) is 2.16. The molecule has 1 aliphatic heterocycles. The minimum atomic E-state index is -0.0868. The van der Waals surface area contributed by atoms with Gasteiger partial charge in [-0.1, -0.05) is 6.92 Å². The summed E-state index contributed by atoms with van der Waals surface area (Å²) in [5.41, 5.74) is -0.0868. The minimum Gasteiger partial charge on any atom is -0.285 e. The molecular formula is C11H18N2. The van der Waals surface area contributed by atoms with Gasteiger partial charge in [-0.05, 0) is 51.1 Å². The third-order valence-electron chi connectivity index (χ3n) is 3.66. The maximum atomic E-state index is 9.36. The molecule has 13 heavy (non-hydrogen) atoms. The predicted molar refractivity (Wildman–Crippen MR) is 52.2 cm³/mol. The third kappa shape index (κ3) is 1.36. The van der Waals surface area contributed by atoms with Crippen molar-refractivity contribution in [3.05, 3.63) is 0 Å². The molecule has 0 aromatic rings. The maximum absolute atomic E-state index is 9.36. The van der Waals surface area contributed by atoms with Gasteiger partial charge in [0.2, 0.25) is 0 Å². The van der Waals surface area contributed by atoms with E-state index in [2.05, 4.69) is 17.9 Å². The molecule has 2 rings (SSSR count). The van der Waals surface area contributed by atoms with Crippen molar-refractivity contribution >= 4 is 0 Å². The van der Waals surface area contributed by atoms with E-state index in [9.17, 15) is 5.26 Å². The lowest BCUT2D eigenvalue weighted by Crippen LogP contribution is -2.47. The molecule has 1 heterocycles. The van der Waals surface area contributed by atoms with E-state index in [1.807, 2.05) is 0 Å². The summed E-state index contributed by atoms with van der Waals surface area (Å²) in [6.45, 7) is 4.47. The highest BCUT2D eigenvalue weighted by Crippen LogP contribution is 2.45. The molecule has 0 radical (unpaired) electrons. The number of hydrogen-bond acceptors (Lipinski definition) is 2. The van der Waals surface area contributed by atoms with Crippen LogP contribution >= 0.6 is 0 Å². The van der Waals surface area contributed by atoms with E-state index in [4.69, 9.17) is 0 Å². The average Bonchev–Trinajstić information content (AvgIpc) is 2.85. The summed E-state index contributed by atoms with van der Waals surface area (Å²) in [6, 6.07) is 2.60. The first-order valence-corrected chi connectivity index (χ1v) is 5.50. The molecule has 1 aliphatic carbocycles. The summed E-state index contributed by atoms with van der Waals surface area (Å²) < 4.78 is 0. The molecule has 0 spiro atoms. The zero-order valence-corrected chi connectivity index (χ0v) is 8.42. The summed E-state index contributed by atoms with van der Waals surface area (Å²) in [4.78, 5) is 2.44. The van der Waals surface area contributed by atoms with E-state index >= 15 is 0 Å². The SMILES string of the molecule is CCC(C#N)(C1CC1)N1CCCC1. The number of likely N-dealkylation sites (tertiary alicyclic amines) is 1. The van der Waals surface area contributed by atoms with Gasteiger partial charge in [0, 0.05) is 0 Å². The summed E-state index contributed by atoms with van der Waals surface area (Å²) in [6.07, 6.45) is 6.14. The Hall–Kier alpha value is -0.550. The first-order chi connectivity index (χ1) is 6.33. The van der Waals surface area contributed by atoms with Crippen molar-refractivity contribution in [2.75, 3.05) is 13.1 Å². The molecule has 1 unspecified atom stereocenters. The summed E-state index contributed by atoms with van der Waals surface area (Å²) in [5, 5.41) is 9.36. The fourth-order valence-electron chi connectivity index (χ4n) is 2.69. The number of hydrogen-bond donors (Lipinski definition) is 0. The minimum absolute atomic E-state index is 0.0868. The van der Waals surface area contributed by atoms with Crippen molar-refractivity contribution in [1.82, 2.24) is 4.90 Å². The molecule has 2 heteroatoms. The summed E-state index contributed by atoms with van der Waals surface area (Å²) in [7, 11) is 0. The van der Waals surface area contributed by atoms with Crippen LogP contribution < -0.4 is 0 Å². The van der Waals surface area contributed by atoms with E-state index in [0.29, 0.717) is 5.92 Å². The van der Waals surface area contributed by atoms with Crippen LogP contribution in [-0.2, 0) is 0 Å². The van der Waals surface area contributed by atoms with Crippen LogP contribution in [0.15, 0.2) is 0 Å². The molecule has 2 nitrogen and oxygen atoms in total. The average molecular weight is 178 g/mol. The summed E-state index contributed by atoms with van der Waals surface area (Å²) >= 11 is 0. The first-order valence-electron chi connectivity index (χ1n) is 5.50. The molecule has 2 aliphatic rings. The van der Waals surface area contributed by atoms with Crippen molar-refractivity contribution in [2.45, 2.75) is 44.6 Å². The van der Waals surface area contributed by atoms with E-state index in [-0.39, 0.29) is 5.54 Å². The molecule has 0 aromatic carbocycles. The Morgan fingerprint density at radius 3 is 2.38 bits per heavy atom. The lowest BCUT2D eigenvalue weighted by molar-refractivity contribution is 0.143. The smallest absolute Gasteiger partial charge is 0.111 e. The van der Waals surface area contributed by atoms with E-state index in [1.165, 1.54) is 25.7 Å². The monoisotopic (exact) mass is 178 g/mol. The van der Waals surface area contributed by atoms with E-state index < -0.39 is 0 Å². The van der Waals surface area contributed by atoms with Crippen LogP contribution in [0.4, 0.5) is 0 Å². The molecule has 0 aromatic heterocycles. The quantitative estimate of drug-likeness (QED) is 0.662. The molecular weight excluding hydrogens is 160 g/mol. The standard InChI is InChI=1S/C11H18N2/c1-2-11(9-12,10-5-6-10)13-7-3-4-8-13/h10H,2-8H2,1H3. The van der Waals surface area contributed by atoms with Crippen LogP contribution in [0.25, 0.3) is 0 Å². The highest BCUT2D eigenvalue weighted by Gasteiger charge is 2.48. The van der Waals surface area contributed by atoms with Gasteiger partial charge in [-0.2, -0.15) is 5.26 Å². The first kappa shape index (κ1) is 9.02. The Bertz CT molecular complexity index is 221. The lowest BCUT2D eigenvalue weighted by Gasteiger charge is -2.35. The van der Waals surface area contributed by atoms with Crippen molar-refractivity contribution < 1.29 is 0 Å². The van der Waals surface area contributed by atoms with Crippen molar-refractivity contribution in [3.8, 4) is 6.07 Å². The molecule has 1 saturated heterocycles. The third-order valence-corrected chi connectivity index (χ3v) is 3.66. The van der Waals surface area contributed by atoms with E-state index in [1.54, 1.807) is 0 Å². The fraction of sp³-hybridized carbons (Fsp3) is 0.909. The zero-order chi connectivity index (χ0) is 9.31. The Kier molecular flexibility index (Phi) is 2.29. The topological polar surface area (TPSA) is 27.0 Å². The van der Waals surface area contributed by atoms with Crippen molar-refractivity contribution in [2.24, 2.45) is 5.92 Å². The van der Waals surface area contributed by atoms with Crippen molar-refractivity contribution in [1.29, 1.82) is 5.26 Å². The maximum Gasteiger partial charge on any atom is 0.111 e. The van der Waals surface area contributed by atoms with Gasteiger partial charge < -0.3 is 0 Å². The van der Waals surface area contributed by atoms with Gasteiger partial charge in [0.25, 0.3) is 0 Å². The van der Waals surface area contributed by atoms with Gasteiger partial charge in [0.15, 0.2) is 0 Å². The van der Waals surface area contributed by atoms with E-state index in [0.717, 1.165) is 19.5 Å². The van der Waals surface area contributed by atoms with Crippen LogP contribution in [0.5, 0.6) is 0 Å². The Balaban J connectivity index is 2.15. The van der Waals surface area contributed by atoms with Gasteiger partial charge in [0.05, 0.1) is 6.07 Å². The van der Waals surface area contributed by atoms with Gasteiger partial charge >= 0.3 is 0 Å². The normalized spacial score (nSPS) is 28.3. The molecule has 0 N–H and O–H groups in total. The van der Waals surface area contributed by atoms with Crippen molar-refractivity contribution in [3.63, 3.8) is 0 Å². The Morgan fingerprint density at radius 1 is 1.38 bits per heavy atom. The molecule has 0 bridgehead atoms. The largest absolute Gasteiger partial charge is 0.285 e. The van der Waals surface area contributed by atoms with Gasteiger partial charge in [-0.3, -0.25) is 4.90 Å². The highest BCUT2D eigenvalue weighted by molar-refractivity contribution is 5.16. The molecule has 2 fully saturated rings. The number of nitriles is 1. The molecule has 1 atom stereocenters. The van der Waals surface area contributed by atoms with Crippen LogP contribution in [0.3, 0.4) is 0 Å². The van der Waals surface area contributed by atoms with Crippen LogP contribution in [-0.4, -0.2) is 23.5 Å². The van der Waals surface area contributed by atoms with Crippen LogP contribution in [0, 0.1) is 17.2 Å². The Labute approximate surface area is 80.5 Å². The second kappa shape index (κ2) is 3.31. The summed E-state index contributed by atoms with van der Waals surface area (Å²) in [5.74, 6) is 0.681. The van der Waals surface area contributed by atoms with Gasteiger partial charge in [-0.15, -0.1) is 0 Å². The van der Waals surface area contributed by atoms with Crippen LogP contribution in [0.2, 0.25) is 0 Å². The van der Waals surface area contributed by atoms with Crippen LogP contribution in [0.1, 0.15) is 39.0 Å². The molecule has 1 saturated carbocycles. The highest BCUT2D eigenvalue weighted by atomic mass is 15.2. The van der Waals surface area contributed by atoms with Gasteiger partial charge in [0.1, 0.15) is 5.54 Å². The number of nitrogens with zero attached hydrogens (tertiary/aromatic N) is 2. The fourth-order valence-corrected chi connectivity index (χ4v) is 2.69. The second-order valence-corrected chi connectivity index (χ2v) is 4.36. The molecule has 72 valence electrons.